The minimum Gasteiger partial charge on any atom is -0.381 e. The van der Waals surface area contributed by atoms with E-state index in [1.54, 1.807) is 0 Å². The van der Waals surface area contributed by atoms with Crippen LogP contribution in [-0.2, 0) is 9.47 Å². The Morgan fingerprint density at radius 3 is 2.83 bits per heavy atom. The second-order valence-electron chi connectivity index (χ2n) is 5.20. The van der Waals surface area contributed by atoms with Gasteiger partial charge in [0.2, 0.25) is 0 Å². The van der Waals surface area contributed by atoms with Crippen molar-refractivity contribution in [2.75, 3.05) is 37.8 Å². The number of rotatable bonds is 1. The summed E-state index contributed by atoms with van der Waals surface area (Å²) in [6.07, 6.45) is 1.99. The molecule has 0 amide bonds. The topological polar surface area (TPSA) is 34.6 Å². The highest BCUT2D eigenvalue weighted by Crippen LogP contribution is 2.30. The number of hydrogen-bond donors (Lipinski definition) is 0. The van der Waals surface area contributed by atoms with E-state index in [2.05, 4.69) is 22.0 Å². The van der Waals surface area contributed by atoms with Gasteiger partial charge in [0.15, 0.2) is 0 Å². The number of anilines is 1. The highest BCUT2D eigenvalue weighted by Gasteiger charge is 2.38. The van der Waals surface area contributed by atoms with Crippen LogP contribution in [0.4, 0.5) is 5.82 Å². The van der Waals surface area contributed by atoms with Gasteiger partial charge < -0.3 is 14.4 Å². The Bertz CT molecular complexity index is 411. The van der Waals surface area contributed by atoms with E-state index in [-0.39, 0.29) is 5.60 Å². The van der Waals surface area contributed by atoms with E-state index in [1.807, 2.05) is 13.0 Å². The zero-order chi connectivity index (χ0) is 12.4. The van der Waals surface area contributed by atoms with E-state index in [0.717, 1.165) is 57.3 Å². The number of aryl methyl sites for hydroxylation is 1. The quantitative estimate of drug-likeness (QED) is 0.758. The lowest BCUT2D eigenvalue weighted by atomic mass is 9.92. The molecule has 0 aliphatic carbocycles. The standard InChI is InChI=1S/C14H20N2O2/c1-12-3-2-4-13(15-12)16-7-10-18-14(11-16)5-8-17-9-6-14/h2-4H,5-11H2,1H3. The molecule has 0 aromatic carbocycles. The molecule has 0 unspecified atom stereocenters. The third-order valence-corrected chi connectivity index (χ3v) is 3.85. The van der Waals surface area contributed by atoms with Crippen LogP contribution < -0.4 is 4.90 Å². The van der Waals surface area contributed by atoms with Gasteiger partial charge in [0.05, 0.1) is 12.2 Å². The number of morpholine rings is 1. The Balaban J connectivity index is 1.77. The molecule has 2 aliphatic heterocycles. The maximum Gasteiger partial charge on any atom is 0.128 e. The second-order valence-corrected chi connectivity index (χ2v) is 5.20. The summed E-state index contributed by atoms with van der Waals surface area (Å²) in [6, 6.07) is 6.20. The van der Waals surface area contributed by atoms with E-state index in [1.165, 1.54) is 0 Å². The van der Waals surface area contributed by atoms with Crippen molar-refractivity contribution in [2.24, 2.45) is 0 Å². The lowest BCUT2D eigenvalue weighted by Gasteiger charge is -2.45. The first-order valence-corrected chi connectivity index (χ1v) is 6.68. The van der Waals surface area contributed by atoms with Gasteiger partial charge in [-0.2, -0.15) is 0 Å². The molecule has 18 heavy (non-hydrogen) atoms. The molecule has 1 spiro atoms. The summed E-state index contributed by atoms with van der Waals surface area (Å²) in [7, 11) is 0. The van der Waals surface area contributed by atoms with E-state index >= 15 is 0 Å². The minimum absolute atomic E-state index is 0.0120. The fourth-order valence-electron chi connectivity index (χ4n) is 2.79. The number of hydrogen-bond acceptors (Lipinski definition) is 4. The molecule has 1 aromatic heterocycles. The Morgan fingerprint density at radius 1 is 1.22 bits per heavy atom. The third kappa shape index (κ3) is 2.35. The maximum atomic E-state index is 6.04. The SMILES string of the molecule is Cc1cccc(N2CCOC3(CCOCC3)C2)n1. The van der Waals surface area contributed by atoms with Crippen molar-refractivity contribution in [3.05, 3.63) is 23.9 Å². The smallest absolute Gasteiger partial charge is 0.128 e. The summed E-state index contributed by atoms with van der Waals surface area (Å²) in [6.45, 7) is 6.32. The van der Waals surface area contributed by atoms with E-state index in [9.17, 15) is 0 Å². The maximum absolute atomic E-state index is 6.04. The minimum atomic E-state index is -0.0120. The van der Waals surface area contributed by atoms with Crippen molar-refractivity contribution in [2.45, 2.75) is 25.4 Å². The predicted octanol–water partition coefficient (Wildman–Crippen LogP) is 1.78. The zero-order valence-corrected chi connectivity index (χ0v) is 10.9. The molecule has 0 N–H and O–H groups in total. The molecule has 98 valence electrons. The fraction of sp³-hybridized carbons (Fsp3) is 0.643. The fourth-order valence-corrected chi connectivity index (χ4v) is 2.79. The van der Waals surface area contributed by atoms with Crippen LogP contribution in [0.3, 0.4) is 0 Å². The summed E-state index contributed by atoms with van der Waals surface area (Å²) >= 11 is 0. The highest BCUT2D eigenvalue weighted by atomic mass is 16.5. The van der Waals surface area contributed by atoms with Gasteiger partial charge in [0.1, 0.15) is 5.82 Å². The monoisotopic (exact) mass is 248 g/mol. The second kappa shape index (κ2) is 4.86. The number of pyridine rings is 1. The molecular formula is C14H20N2O2. The molecule has 0 atom stereocenters. The lowest BCUT2D eigenvalue weighted by Crippen LogP contribution is -2.54. The summed E-state index contributed by atoms with van der Waals surface area (Å²) in [5.41, 5.74) is 1.06. The zero-order valence-electron chi connectivity index (χ0n) is 10.9. The molecule has 0 bridgehead atoms. The van der Waals surface area contributed by atoms with Crippen LogP contribution in [0, 0.1) is 6.92 Å². The van der Waals surface area contributed by atoms with E-state index in [0.29, 0.717) is 0 Å². The normalized spacial score (nSPS) is 23.3. The van der Waals surface area contributed by atoms with Crippen molar-refractivity contribution in [3.8, 4) is 0 Å². The number of aromatic nitrogens is 1. The summed E-state index contributed by atoms with van der Waals surface area (Å²) in [5, 5.41) is 0. The van der Waals surface area contributed by atoms with Crippen LogP contribution in [0.15, 0.2) is 18.2 Å². The number of ether oxygens (including phenoxy) is 2. The van der Waals surface area contributed by atoms with Crippen molar-refractivity contribution in [1.29, 1.82) is 0 Å². The van der Waals surface area contributed by atoms with Crippen LogP contribution >= 0.6 is 0 Å². The molecule has 0 saturated carbocycles. The van der Waals surface area contributed by atoms with Gasteiger partial charge in [-0.1, -0.05) is 6.07 Å². The van der Waals surface area contributed by atoms with Gasteiger partial charge in [-0.05, 0) is 19.1 Å². The first-order valence-electron chi connectivity index (χ1n) is 6.68. The largest absolute Gasteiger partial charge is 0.381 e. The van der Waals surface area contributed by atoms with Gasteiger partial charge in [-0.3, -0.25) is 0 Å². The van der Waals surface area contributed by atoms with Crippen molar-refractivity contribution in [3.63, 3.8) is 0 Å². The number of nitrogens with zero attached hydrogens (tertiary/aromatic N) is 2. The van der Waals surface area contributed by atoms with Crippen molar-refractivity contribution in [1.82, 2.24) is 4.98 Å². The molecular weight excluding hydrogens is 228 g/mol. The van der Waals surface area contributed by atoms with E-state index in [4.69, 9.17) is 9.47 Å². The molecule has 4 heteroatoms. The van der Waals surface area contributed by atoms with Crippen molar-refractivity contribution >= 4 is 5.82 Å². The Morgan fingerprint density at radius 2 is 2.06 bits per heavy atom. The molecule has 2 saturated heterocycles. The first kappa shape index (κ1) is 11.9. The Hall–Kier alpha value is -1.13. The molecule has 3 heterocycles. The Kier molecular flexibility index (Phi) is 3.22. The summed E-state index contributed by atoms with van der Waals surface area (Å²) < 4.78 is 11.5. The summed E-state index contributed by atoms with van der Waals surface area (Å²) in [4.78, 5) is 6.96. The molecule has 2 fully saturated rings. The average molecular weight is 248 g/mol. The van der Waals surface area contributed by atoms with Gasteiger partial charge in [0.25, 0.3) is 0 Å². The van der Waals surface area contributed by atoms with Gasteiger partial charge >= 0.3 is 0 Å². The summed E-state index contributed by atoms with van der Waals surface area (Å²) in [5.74, 6) is 1.07. The van der Waals surface area contributed by atoms with Crippen molar-refractivity contribution < 1.29 is 9.47 Å². The van der Waals surface area contributed by atoms with Crippen LogP contribution in [0.2, 0.25) is 0 Å². The first-order chi connectivity index (χ1) is 8.77. The average Bonchev–Trinajstić information content (AvgIpc) is 2.40. The molecule has 2 aliphatic rings. The van der Waals surface area contributed by atoms with Crippen LogP contribution in [0.25, 0.3) is 0 Å². The highest BCUT2D eigenvalue weighted by molar-refractivity contribution is 5.40. The van der Waals surface area contributed by atoms with E-state index < -0.39 is 0 Å². The molecule has 4 nitrogen and oxygen atoms in total. The van der Waals surface area contributed by atoms with Crippen LogP contribution in [-0.4, -0.2) is 43.5 Å². The van der Waals surface area contributed by atoms with Gasteiger partial charge in [0, 0.05) is 44.8 Å². The van der Waals surface area contributed by atoms with Crippen LogP contribution in [0.5, 0.6) is 0 Å². The van der Waals surface area contributed by atoms with Crippen LogP contribution in [0.1, 0.15) is 18.5 Å². The van der Waals surface area contributed by atoms with Gasteiger partial charge in [-0.15, -0.1) is 0 Å². The predicted molar refractivity (Wildman–Crippen MR) is 69.9 cm³/mol. The Labute approximate surface area is 108 Å². The molecule has 1 aromatic rings. The third-order valence-electron chi connectivity index (χ3n) is 3.85. The molecule has 3 rings (SSSR count). The van der Waals surface area contributed by atoms with Gasteiger partial charge in [-0.25, -0.2) is 4.98 Å². The molecule has 0 radical (unpaired) electrons. The lowest BCUT2D eigenvalue weighted by molar-refractivity contribution is -0.116.